The summed E-state index contributed by atoms with van der Waals surface area (Å²) in [6.07, 6.45) is 6.86. The van der Waals surface area contributed by atoms with Crippen molar-refractivity contribution in [3.8, 4) is 5.69 Å². The summed E-state index contributed by atoms with van der Waals surface area (Å²) in [6.45, 7) is 4.72. The van der Waals surface area contributed by atoms with Crippen LogP contribution in [0.1, 0.15) is 67.6 Å². The van der Waals surface area contributed by atoms with Gasteiger partial charge in [0, 0.05) is 31.7 Å². The molecule has 47 heavy (non-hydrogen) atoms. The van der Waals surface area contributed by atoms with Crippen molar-refractivity contribution in [2.24, 2.45) is 28.6 Å². The normalized spacial score (nSPS) is 32.3. The van der Waals surface area contributed by atoms with E-state index in [2.05, 4.69) is 18.3 Å². The predicted molar refractivity (Wildman–Crippen MR) is 175 cm³/mol. The maximum Gasteiger partial charge on any atom is 0.333 e. The van der Waals surface area contributed by atoms with Crippen molar-refractivity contribution in [1.82, 2.24) is 15.1 Å². The molecule has 7 atom stereocenters. The lowest BCUT2D eigenvalue weighted by atomic mass is 9.45. The largest absolute Gasteiger partial charge is 0.448 e. The molecule has 1 heterocycles. The highest BCUT2D eigenvalue weighted by Gasteiger charge is 2.70. The highest BCUT2D eigenvalue weighted by atomic mass is 32.2. The number of amides is 1. The summed E-state index contributed by atoms with van der Waals surface area (Å²) >= 11 is 0.538. The third kappa shape index (κ3) is 5.54. The zero-order valence-electron chi connectivity index (χ0n) is 27.4. The SMILES string of the molecule is COCCNC(=O)c1cccc(-n2ncc3c2C=C2CC[C@@H]4[C@H]([C@@H](O)C[C@@]5(C)[C@H]4CC[C@]5(OC(=O)COC)C(=O)SCF)[C@@]2(C)C3)c1. The average Bonchev–Trinajstić information content (AvgIpc) is 3.57. The van der Waals surface area contributed by atoms with Gasteiger partial charge in [-0.15, -0.1) is 0 Å². The number of esters is 1. The molecule has 4 aliphatic carbocycles. The highest BCUT2D eigenvalue weighted by molar-refractivity contribution is 8.13. The van der Waals surface area contributed by atoms with Crippen LogP contribution in [0.25, 0.3) is 11.8 Å². The van der Waals surface area contributed by atoms with Crippen LogP contribution in [0.15, 0.2) is 36.0 Å². The first-order chi connectivity index (χ1) is 22.5. The molecular weight excluding hydrogens is 625 g/mol. The number of hydrogen-bond acceptors (Lipinski definition) is 9. The van der Waals surface area contributed by atoms with E-state index in [1.165, 1.54) is 12.7 Å². The van der Waals surface area contributed by atoms with E-state index in [0.29, 0.717) is 49.7 Å². The highest BCUT2D eigenvalue weighted by Crippen LogP contribution is 2.68. The number of alkyl halides is 1. The fraction of sp³-hybridized carbons (Fsp3) is 0.600. The Labute approximate surface area is 278 Å². The lowest BCUT2D eigenvalue weighted by Gasteiger charge is -2.60. The van der Waals surface area contributed by atoms with E-state index in [4.69, 9.17) is 19.3 Å². The Morgan fingerprint density at radius 2 is 2.00 bits per heavy atom. The van der Waals surface area contributed by atoms with Gasteiger partial charge in [-0.25, -0.2) is 13.9 Å². The van der Waals surface area contributed by atoms with Crippen LogP contribution in [0, 0.1) is 28.6 Å². The van der Waals surface area contributed by atoms with Crippen LogP contribution in [0.3, 0.4) is 0 Å². The smallest absolute Gasteiger partial charge is 0.333 e. The lowest BCUT2D eigenvalue weighted by Crippen LogP contribution is -2.62. The Hall–Kier alpha value is -3.06. The second kappa shape index (κ2) is 13.1. The van der Waals surface area contributed by atoms with Crippen LogP contribution >= 0.6 is 11.8 Å². The number of nitrogens with zero attached hydrogens (tertiary/aromatic N) is 2. The molecule has 4 aliphatic rings. The van der Waals surface area contributed by atoms with Crippen LogP contribution in [-0.4, -0.2) is 83.6 Å². The van der Waals surface area contributed by atoms with Crippen LogP contribution < -0.4 is 5.32 Å². The van der Waals surface area contributed by atoms with Gasteiger partial charge in [0.1, 0.15) is 12.6 Å². The number of benzene rings is 1. The molecule has 2 aromatic rings. The van der Waals surface area contributed by atoms with E-state index in [-0.39, 0.29) is 42.1 Å². The van der Waals surface area contributed by atoms with Crippen molar-refractivity contribution < 1.29 is 38.1 Å². The van der Waals surface area contributed by atoms with Gasteiger partial charge >= 0.3 is 5.97 Å². The van der Waals surface area contributed by atoms with Gasteiger partial charge in [0.25, 0.3) is 5.91 Å². The molecule has 1 aromatic carbocycles. The third-order valence-electron chi connectivity index (χ3n) is 11.6. The molecule has 254 valence electrons. The number of aliphatic hydroxyl groups is 1. The number of ether oxygens (including phenoxy) is 3. The minimum absolute atomic E-state index is 0.00989. The van der Waals surface area contributed by atoms with Gasteiger partial charge in [-0.2, -0.15) is 5.10 Å². The van der Waals surface area contributed by atoms with Gasteiger partial charge in [0.15, 0.2) is 5.60 Å². The van der Waals surface area contributed by atoms with Crippen molar-refractivity contribution in [2.45, 2.75) is 64.1 Å². The van der Waals surface area contributed by atoms with Crippen LogP contribution in [0.4, 0.5) is 4.39 Å². The lowest BCUT2D eigenvalue weighted by molar-refractivity contribution is -0.198. The molecule has 0 saturated heterocycles. The van der Waals surface area contributed by atoms with Crippen molar-refractivity contribution in [1.29, 1.82) is 0 Å². The van der Waals surface area contributed by atoms with Crippen molar-refractivity contribution in [3.63, 3.8) is 0 Å². The molecule has 10 nitrogen and oxygen atoms in total. The molecule has 12 heteroatoms. The van der Waals surface area contributed by atoms with E-state index < -0.39 is 34.2 Å². The van der Waals surface area contributed by atoms with Crippen molar-refractivity contribution in [3.05, 3.63) is 52.9 Å². The maximum absolute atomic E-state index is 13.6. The number of hydrogen-bond donors (Lipinski definition) is 2. The predicted octanol–water partition coefficient (Wildman–Crippen LogP) is 4.52. The summed E-state index contributed by atoms with van der Waals surface area (Å²) in [5.41, 5.74) is 1.90. The zero-order valence-corrected chi connectivity index (χ0v) is 28.2. The number of halogens is 1. The third-order valence-corrected chi connectivity index (χ3v) is 12.3. The Bertz CT molecular complexity index is 1580. The Kier molecular flexibility index (Phi) is 9.43. The fourth-order valence-electron chi connectivity index (χ4n) is 9.58. The minimum atomic E-state index is -1.52. The summed E-state index contributed by atoms with van der Waals surface area (Å²) in [7, 11) is 2.97. The number of carbonyl (C=O) groups is 3. The van der Waals surface area contributed by atoms with Crippen LogP contribution in [0.5, 0.6) is 0 Å². The monoisotopic (exact) mass is 669 g/mol. The Morgan fingerprint density at radius 1 is 1.19 bits per heavy atom. The molecule has 2 N–H and O–H groups in total. The van der Waals surface area contributed by atoms with E-state index in [1.807, 2.05) is 36.0 Å². The van der Waals surface area contributed by atoms with E-state index in [9.17, 15) is 23.9 Å². The van der Waals surface area contributed by atoms with Gasteiger partial charge in [0.05, 0.1) is 30.3 Å². The molecule has 3 fully saturated rings. The second-order valence-corrected chi connectivity index (χ2v) is 14.7. The van der Waals surface area contributed by atoms with Crippen molar-refractivity contribution >= 4 is 34.8 Å². The van der Waals surface area contributed by atoms with Gasteiger partial charge in [-0.1, -0.05) is 25.5 Å². The molecule has 0 radical (unpaired) electrons. The second-order valence-electron chi connectivity index (χ2n) is 13.9. The number of fused-ring (bicyclic) bond motifs is 6. The van der Waals surface area contributed by atoms with Crippen molar-refractivity contribution in [2.75, 3.05) is 40.0 Å². The number of aromatic nitrogens is 2. The molecule has 3 saturated carbocycles. The maximum atomic E-state index is 13.6. The summed E-state index contributed by atoms with van der Waals surface area (Å²) in [4.78, 5) is 39.1. The first kappa shape index (κ1) is 33.8. The molecular formula is C35H44FN3O7S. The number of carbonyl (C=O) groups excluding carboxylic acids is 3. The zero-order chi connectivity index (χ0) is 33.6. The summed E-state index contributed by atoms with van der Waals surface area (Å²) < 4.78 is 31.4. The first-order valence-corrected chi connectivity index (χ1v) is 17.3. The van der Waals surface area contributed by atoms with E-state index in [0.717, 1.165) is 29.8 Å². The molecule has 0 spiro atoms. The van der Waals surface area contributed by atoms with E-state index >= 15 is 0 Å². The molecule has 1 amide bonds. The number of aliphatic hydroxyl groups excluding tert-OH is 1. The average molecular weight is 670 g/mol. The quantitative estimate of drug-likeness (QED) is 0.277. The first-order valence-electron chi connectivity index (χ1n) is 16.3. The topological polar surface area (TPSA) is 129 Å². The number of methoxy groups -OCH3 is 2. The molecule has 0 bridgehead atoms. The summed E-state index contributed by atoms with van der Waals surface area (Å²) in [5.74, 6) is -0.821. The van der Waals surface area contributed by atoms with Gasteiger partial charge in [0.2, 0.25) is 5.12 Å². The van der Waals surface area contributed by atoms with Gasteiger partial charge < -0.3 is 24.6 Å². The number of nitrogens with one attached hydrogen (secondary N) is 1. The molecule has 6 rings (SSSR count). The molecule has 0 aliphatic heterocycles. The Balaban J connectivity index is 1.29. The number of allylic oxidation sites excluding steroid dienone is 1. The number of thioether (sulfide) groups is 1. The molecule has 1 aromatic heterocycles. The standard InChI is InChI=1S/C35H44FN3O7S/c1-33-16-22-18-38-39(24-7-5-6-21(14-24)31(42)37-12-13-44-3)27(22)15-23(33)8-9-25-26-10-11-35(32(43)47-20-36,46-29(41)19-45-4)34(26,2)17-28(40)30(25)33/h5-7,14-15,18,25-26,28,30,40H,8-13,16-17,19-20H2,1-4H3,(H,37,42)/t25-,26-,28-,30+,33-,34-,35-/m0/s1. The van der Waals surface area contributed by atoms with Crippen LogP contribution in [-0.2, 0) is 30.2 Å². The molecule has 0 unspecified atom stereocenters. The fourth-order valence-corrected chi connectivity index (χ4v) is 10.3. The van der Waals surface area contributed by atoms with E-state index in [1.54, 1.807) is 13.2 Å². The Morgan fingerprint density at radius 3 is 2.74 bits per heavy atom. The van der Waals surface area contributed by atoms with Gasteiger partial charge in [-0.3, -0.25) is 9.59 Å². The van der Waals surface area contributed by atoms with Gasteiger partial charge in [-0.05, 0) is 103 Å². The van der Waals surface area contributed by atoms with Crippen LogP contribution in [0.2, 0.25) is 0 Å². The number of rotatable bonds is 10. The summed E-state index contributed by atoms with van der Waals surface area (Å²) in [6, 6.07) is 6.48. The minimum Gasteiger partial charge on any atom is -0.448 e. The summed E-state index contributed by atoms with van der Waals surface area (Å²) in [5, 5.41) is 19.2.